The smallest absolute Gasteiger partial charge is 0.00717 e. The molecule has 0 spiro atoms. The molecule has 0 bridgehead atoms. The summed E-state index contributed by atoms with van der Waals surface area (Å²) in [5, 5.41) is 0. The zero-order valence-electron chi connectivity index (χ0n) is 6.02. The minimum atomic E-state index is 0.568. The first-order valence-corrected chi connectivity index (χ1v) is 3.58. The van der Waals surface area contributed by atoms with Crippen molar-refractivity contribution in [1.82, 2.24) is 0 Å². The van der Waals surface area contributed by atoms with Gasteiger partial charge in [0.05, 0.1) is 0 Å². The minimum absolute atomic E-state index is 0.568. The number of hydrogen-bond donors (Lipinski definition) is 0. The maximum absolute atomic E-state index is 2.34. The molecule has 0 N–H and O–H groups in total. The molecule has 0 aromatic heterocycles. The predicted octanol–water partition coefficient (Wildman–Crippen LogP) is 2.53. The molecule has 1 saturated carbocycles. The van der Waals surface area contributed by atoms with Gasteiger partial charge < -0.3 is 0 Å². The van der Waals surface area contributed by atoms with E-state index >= 15 is 0 Å². The van der Waals surface area contributed by atoms with E-state index in [4.69, 9.17) is 0 Å². The molecule has 2 unspecified atom stereocenters. The molecule has 9 heavy (non-hydrogen) atoms. The highest BCUT2D eigenvalue weighted by Crippen LogP contribution is 2.58. The van der Waals surface area contributed by atoms with Gasteiger partial charge in [0.1, 0.15) is 0 Å². The third-order valence-corrected chi connectivity index (χ3v) is 2.67. The van der Waals surface area contributed by atoms with Crippen LogP contribution in [0.1, 0.15) is 20.3 Å². The van der Waals surface area contributed by atoms with Gasteiger partial charge in [0.2, 0.25) is 0 Å². The summed E-state index contributed by atoms with van der Waals surface area (Å²) in [6, 6.07) is 0. The van der Waals surface area contributed by atoms with Crippen LogP contribution in [0.15, 0.2) is 23.8 Å². The Bertz CT molecular complexity index is 198. The largest absolute Gasteiger partial charge is 0.0780 e. The molecular weight excluding hydrogens is 108 g/mol. The molecule has 0 aromatic carbocycles. The van der Waals surface area contributed by atoms with E-state index in [9.17, 15) is 0 Å². The highest BCUT2D eigenvalue weighted by atomic mass is 14.5. The van der Waals surface area contributed by atoms with E-state index in [1.807, 2.05) is 0 Å². The summed E-state index contributed by atoms with van der Waals surface area (Å²) in [5.74, 6) is 0.891. The summed E-state index contributed by atoms with van der Waals surface area (Å²) in [4.78, 5) is 0. The lowest BCUT2D eigenvalue weighted by molar-refractivity contribution is 0.670. The Hall–Kier alpha value is -0.520. The quantitative estimate of drug-likeness (QED) is 0.461. The maximum Gasteiger partial charge on any atom is -0.00717 e. The zero-order valence-corrected chi connectivity index (χ0v) is 6.02. The van der Waals surface area contributed by atoms with Crippen molar-refractivity contribution in [2.45, 2.75) is 20.3 Å². The van der Waals surface area contributed by atoms with E-state index in [0.717, 1.165) is 5.92 Å². The van der Waals surface area contributed by atoms with Gasteiger partial charge in [-0.2, -0.15) is 0 Å². The van der Waals surface area contributed by atoms with Crippen molar-refractivity contribution in [2.75, 3.05) is 0 Å². The van der Waals surface area contributed by atoms with Gasteiger partial charge in [0.25, 0.3) is 0 Å². The van der Waals surface area contributed by atoms with Gasteiger partial charge in [-0.25, -0.2) is 0 Å². The molecule has 0 aromatic rings. The predicted molar refractivity (Wildman–Crippen MR) is 39.1 cm³/mol. The Balaban J connectivity index is 2.34. The van der Waals surface area contributed by atoms with Crippen molar-refractivity contribution in [3.05, 3.63) is 23.8 Å². The van der Waals surface area contributed by atoms with E-state index in [-0.39, 0.29) is 0 Å². The van der Waals surface area contributed by atoms with Crippen molar-refractivity contribution in [3.63, 3.8) is 0 Å². The van der Waals surface area contributed by atoms with Crippen LogP contribution in [0.2, 0.25) is 0 Å². The number of allylic oxidation sites excluding steroid dienone is 4. The molecular formula is C9H12. The molecule has 2 aliphatic rings. The lowest BCUT2D eigenvalue weighted by Crippen LogP contribution is -1.96. The fourth-order valence-corrected chi connectivity index (χ4v) is 1.78. The highest BCUT2D eigenvalue weighted by molar-refractivity contribution is 5.33. The maximum atomic E-state index is 2.34. The number of fused-ring (bicyclic) bond motifs is 1. The van der Waals surface area contributed by atoms with Crippen LogP contribution >= 0.6 is 0 Å². The summed E-state index contributed by atoms with van der Waals surface area (Å²) in [6.45, 7) is 4.57. The van der Waals surface area contributed by atoms with Gasteiger partial charge >= 0.3 is 0 Å². The lowest BCUT2D eigenvalue weighted by atomic mass is 9.97. The number of rotatable bonds is 0. The molecule has 0 aliphatic heterocycles. The van der Waals surface area contributed by atoms with Crippen molar-refractivity contribution < 1.29 is 0 Å². The number of hydrogen-bond acceptors (Lipinski definition) is 0. The van der Waals surface area contributed by atoms with Crippen LogP contribution in [0.4, 0.5) is 0 Å². The average molecular weight is 120 g/mol. The van der Waals surface area contributed by atoms with Crippen LogP contribution in [0, 0.1) is 11.3 Å². The van der Waals surface area contributed by atoms with Crippen molar-refractivity contribution in [2.24, 2.45) is 11.3 Å². The van der Waals surface area contributed by atoms with Crippen LogP contribution in [0.5, 0.6) is 0 Å². The molecule has 2 rings (SSSR count). The molecule has 0 saturated heterocycles. The Morgan fingerprint density at radius 2 is 2.44 bits per heavy atom. The van der Waals surface area contributed by atoms with Crippen LogP contribution in [-0.2, 0) is 0 Å². The third-order valence-electron chi connectivity index (χ3n) is 2.67. The van der Waals surface area contributed by atoms with Gasteiger partial charge in [-0.3, -0.25) is 0 Å². The average Bonchev–Trinajstić information content (AvgIpc) is 2.43. The topological polar surface area (TPSA) is 0 Å². The first-order valence-electron chi connectivity index (χ1n) is 3.58. The Kier molecular flexibility index (Phi) is 0.769. The van der Waals surface area contributed by atoms with Crippen LogP contribution in [0.25, 0.3) is 0 Å². The second-order valence-corrected chi connectivity index (χ2v) is 3.53. The van der Waals surface area contributed by atoms with Crippen LogP contribution < -0.4 is 0 Å². The van der Waals surface area contributed by atoms with Crippen molar-refractivity contribution in [3.8, 4) is 0 Å². The van der Waals surface area contributed by atoms with E-state index < -0.39 is 0 Å². The molecule has 0 heterocycles. The van der Waals surface area contributed by atoms with Crippen LogP contribution in [0.3, 0.4) is 0 Å². The first-order chi connectivity index (χ1) is 4.22. The summed E-state index contributed by atoms with van der Waals surface area (Å²) in [6.07, 6.45) is 8.15. The summed E-state index contributed by atoms with van der Waals surface area (Å²) in [7, 11) is 0. The zero-order chi connectivity index (χ0) is 6.48. The van der Waals surface area contributed by atoms with Gasteiger partial charge in [0, 0.05) is 0 Å². The molecule has 2 aliphatic carbocycles. The van der Waals surface area contributed by atoms with E-state index in [0.29, 0.717) is 5.41 Å². The van der Waals surface area contributed by atoms with Crippen molar-refractivity contribution >= 4 is 0 Å². The third kappa shape index (κ3) is 0.592. The van der Waals surface area contributed by atoms with Gasteiger partial charge in [0.15, 0.2) is 0 Å². The second-order valence-electron chi connectivity index (χ2n) is 3.53. The van der Waals surface area contributed by atoms with Gasteiger partial charge in [-0.15, -0.1) is 0 Å². The normalized spacial score (nSPS) is 46.0. The standard InChI is InChI=1S/C9H12/c1-7-4-3-5-9(2)6-8(7)9/h3-5,8H,6H2,1-2H3. The molecule has 2 atom stereocenters. The van der Waals surface area contributed by atoms with Crippen molar-refractivity contribution in [1.29, 1.82) is 0 Å². The first kappa shape index (κ1) is 5.28. The lowest BCUT2D eigenvalue weighted by Gasteiger charge is -2.08. The molecule has 0 nitrogen and oxygen atoms in total. The van der Waals surface area contributed by atoms with Crippen LogP contribution in [-0.4, -0.2) is 0 Å². The molecule has 0 radical (unpaired) electrons. The van der Waals surface area contributed by atoms with Gasteiger partial charge in [-0.1, -0.05) is 30.7 Å². The Labute approximate surface area is 56.3 Å². The minimum Gasteiger partial charge on any atom is -0.0780 e. The summed E-state index contributed by atoms with van der Waals surface area (Å²) in [5.41, 5.74) is 2.14. The molecule has 1 fully saturated rings. The fourth-order valence-electron chi connectivity index (χ4n) is 1.78. The molecule has 48 valence electrons. The Morgan fingerprint density at radius 3 is 3.00 bits per heavy atom. The summed E-state index contributed by atoms with van der Waals surface area (Å²) >= 11 is 0. The second kappa shape index (κ2) is 1.31. The van der Waals surface area contributed by atoms with E-state index in [1.54, 1.807) is 5.57 Å². The summed E-state index contributed by atoms with van der Waals surface area (Å²) < 4.78 is 0. The Morgan fingerprint density at radius 1 is 1.67 bits per heavy atom. The SMILES string of the molecule is CC1=CC=CC2(C)CC12. The molecule has 0 amide bonds. The highest BCUT2D eigenvalue weighted by Gasteiger charge is 2.49. The van der Waals surface area contributed by atoms with E-state index in [2.05, 4.69) is 32.1 Å². The van der Waals surface area contributed by atoms with E-state index in [1.165, 1.54) is 6.42 Å². The van der Waals surface area contributed by atoms with Gasteiger partial charge in [-0.05, 0) is 24.7 Å². The monoisotopic (exact) mass is 120 g/mol. The molecule has 0 heteroatoms. The fraction of sp³-hybridized carbons (Fsp3) is 0.556.